The predicted octanol–water partition coefficient (Wildman–Crippen LogP) is 14.4. The van der Waals surface area contributed by atoms with Crippen LogP contribution in [0.15, 0.2) is 199 Å². The summed E-state index contributed by atoms with van der Waals surface area (Å²) in [5.41, 5.74) is 7.69. The molecule has 0 saturated heterocycles. The molecule has 0 spiro atoms. The fraction of sp³-hybridized carbons (Fsp3) is 0.0357. The van der Waals surface area contributed by atoms with E-state index in [1.165, 1.54) is 35.1 Å². The topological polar surface area (TPSA) is 155 Å². The van der Waals surface area contributed by atoms with Crippen molar-refractivity contribution in [1.29, 1.82) is 5.26 Å². The van der Waals surface area contributed by atoms with Gasteiger partial charge < -0.3 is 4.74 Å². The zero-order valence-electron chi connectivity index (χ0n) is 39.3. The van der Waals surface area contributed by atoms with Gasteiger partial charge in [0, 0.05) is 55.9 Å². The smallest absolute Gasteiger partial charge is 0.282 e. The van der Waals surface area contributed by atoms with Crippen LogP contribution in [-0.2, 0) is 16.6 Å². The van der Waals surface area contributed by atoms with E-state index in [9.17, 15) is 18.5 Å². The van der Waals surface area contributed by atoms with E-state index in [-0.39, 0.29) is 10.8 Å². The second kappa shape index (κ2) is 23.4. The van der Waals surface area contributed by atoms with Gasteiger partial charge in [-0.25, -0.2) is 9.67 Å². The molecule has 6 heterocycles. The molecule has 372 valence electrons. The van der Waals surface area contributed by atoms with Crippen LogP contribution in [-0.4, -0.2) is 52.5 Å². The van der Waals surface area contributed by atoms with E-state index in [4.69, 9.17) is 51.1 Å². The summed E-state index contributed by atoms with van der Waals surface area (Å²) >= 11 is 25.2. The van der Waals surface area contributed by atoms with Crippen molar-refractivity contribution < 1.29 is 17.9 Å². The van der Waals surface area contributed by atoms with Crippen LogP contribution in [0.5, 0.6) is 11.5 Å². The van der Waals surface area contributed by atoms with Crippen LogP contribution in [0.1, 0.15) is 37.7 Å². The lowest BCUT2D eigenvalue weighted by atomic mass is 10.1. The highest BCUT2D eigenvalue weighted by molar-refractivity contribution is 7.89. The van der Waals surface area contributed by atoms with Gasteiger partial charge in [0.1, 0.15) is 34.5 Å². The number of thiophene rings is 1. The molecule has 11 aromatic rings. The quantitative estimate of drug-likeness (QED) is 0.123. The highest BCUT2D eigenvalue weighted by atomic mass is 35.5. The Balaban J connectivity index is 0.000000139. The number of ether oxygens (including phenoxy) is 1. The summed E-state index contributed by atoms with van der Waals surface area (Å²) in [6.45, 7) is 2.60. The van der Waals surface area contributed by atoms with Crippen molar-refractivity contribution in [2.45, 2.75) is 18.4 Å². The van der Waals surface area contributed by atoms with Crippen molar-refractivity contribution in [3.05, 3.63) is 247 Å². The van der Waals surface area contributed by atoms with Gasteiger partial charge in [-0.15, -0.1) is 11.3 Å². The number of hydrogen-bond acceptors (Lipinski definition) is 10. The summed E-state index contributed by atoms with van der Waals surface area (Å²) in [6.07, 6.45) is 10.6. The fourth-order valence-corrected chi connectivity index (χ4v) is 9.74. The Morgan fingerprint density at radius 3 is 2.11 bits per heavy atom. The van der Waals surface area contributed by atoms with Gasteiger partial charge in [-0.2, -0.15) is 33.1 Å². The Bertz CT molecular complexity index is 3940. The fourth-order valence-electron chi connectivity index (χ4n) is 7.42. The zero-order valence-corrected chi connectivity index (χ0v) is 44.0. The minimum absolute atomic E-state index is 0.147. The SMILES string of the molecule is Cc1nc2ccccn2c1-c1ccn(C(=O)c2ccc(Cl)cc2)n1.N#Cc1c(Cl)cccc1Oc1ccc(-c2ccn(Cc3ccc(Cl)cc3)n2)cc1.O=S(=O)(c1ccc(Cl)cc1)n1ccc(C=Cc2cccs2)n1. The van der Waals surface area contributed by atoms with Crippen LogP contribution >= 0.6 is 57.7 Å². The number of nitriles is 1. The molecule has 0 bridgehead atoms. The summed E-state index contributed by atoms with van der Waals surface area (Å²) in [5.74, 6) is 0.845. The van der Waals surface area contributed by atoms with Crippen LogP contribution in [0.25, 0.3) is 40.4 Å². The van der Waals surface area contributed by atoms with Crippen molar-refractivity contribution >= 4 is 91.5 Å². The highest BCUT2D eigenvalue weighted by Gasteiger charge is 2.19. The number of aryl methyl sites for hydroxylation is 1. The number of benzene rings is 5. The standard InChI is InChI=1S/C23H15Cl2N3O.C18H13ClN4O.C15H11ClN2O2S2/c24-18-8-4-16(5-9-18)15-28-13-12-22(27-28)17-6-10-19(11-7-17)29-23-3-1-2-21(25)20(23)14-26;1-12-17(22-10-3-2-4-16(22)20-12)15-9-11-23(21-15)18(24)13-5-7-14(19)8-6-13;16-12-3-7-15(8-4-12)22(19,20)18-10-9-13(17-18)5-6-14-2-1-11-21-14/h1-13H,15H2;2-11H,1H3;1-11H. The van der Waals surface area contributed by atoms with E-state index in [0.717, 1.165) is 47.8 Å². The Morgan fingerprint density at radius 2 is 1.40 bits per heavy atom. The number of carbonyl (C=O) groups excluding carboxylic acids is 1. The Kier molecular flexibility index (Phi) is 16.2. The van der Waals surface area contributed by atoms with Gasteiger partial charge in [-0.05, 0) is 163 Å². The number of fused-ring (bicyclic) bond motifs is 1. The van der Waals surface area contributed by atoms with Crippen LogP contribution in [0, 0.1) is 18.3 Å². The lowest BCUT2D eigenvalue weighted by Gasteiger charge is -2.08. The maximum Gasteiger partial charge on any atom is 0.282 e. The molecule has 13 nitrogen and oxygen atoms in total. The molecule has 0 N–H and O–H groups in total. The first-order valence-electron chi connectivity index (χ1n) is 22.6. The van der Waals surface area contributed by atoms with Crippen LogP contribution in [0.4, 0.5) is 0 Å². The molecule has 0 aliphatic carbocycles. The summed E-state index contributed by atoms with van der Waals surface area (Å²) in [7, 11) is -3.69. The molecular weight excluding hydrogens is 1070 g/mol. The van der Waals surface area contributed by atoms with Crippen molar-refractivity contribution in [3.63, 3.8) is 0 Å². The number of halogens is 4. The van der Waals surface area contributed by atoms with Crippen LogP contribution in [0.2, 0.25) is 20.1 Å². The van der Waals surface area contributed by atoms with Gasteiger partial charge in [0.15, 0.2) is 0 Å². The molecule has 0 aliphatic rings. The molecule has 19 heteroatoms. The molecule has 0 aliphatic heterocycles. The van der Waals surface area contributed by atoms with Gasteiger partial charge >= 0.3 is 0 Å². The first-order valence-corrected chi connectivity index (χ1v) is 26.5. The largest absolute Gasteiger partial charge is 0.456 e. The number of carbonyl (C=O) groups is 1. The summed E-state index contributed by atoms with van der Waals surface area (Å²) in [5, 5.41) is 26.6. The highest BCUT2D eigenvalue weighted by Crippen LogP contribution is 2.31. The third kappa shape index (κ3) is 12.7. The maximum absolute atomic E-state index is 12.5. The Hall–Kier alpha value is -8.07. The van der Waals surface area contributed by atoms with Gasteiger partial charge in [0.2, 0.25) is 0 Å². The van der Waals surface area contributed by atoms with Crippen LogP contribution in [0.3, 0.4) is 0 Å². The average Bonchev–Trinajstić information content (AvgIpc) is 4.29. The van der Waals surface area contributed by atoms with E-state index in [1.54, 1.807) is 72.1 Å². The minimum atomic E-state index is -3.69. The maximum atomic E-state index is 12.5. The molecule has 0 saturated carbocycles. The first kappa shape index (κ1) is 51.8. The Morgan fingerprint density at radius 1 is 0.693 bits per heavy atom. The second-order valence-corrected chi connectivity index (χ2v) is 20.7. The molecule has 11 rings (SSSR count). The first-order chi connectivity index (χ1) is 36.3. The molecule has 5 aromatic carbocycles. The zero-order chi connectivity index (χ0) is 52.5. The Labute approximate surface area is 455 Å². The van der Waals surface area contributed by atoms with Crippen LogP contribution < -0.4 is 4.74 Å². The third-order valence-electron chi connectivity index (χ3n) is 11.1. The number of pyridine rings is 1. The third-order valence-corrected chi connectivity index (χ3v) is 14.6. The minimum Gasteiger partial charge on any atom is -0.456 e. The van der Waals surface area contributed by atoms with Gasteiger partial charge in [0.25, 0.3) is 15.9 Å². The van der Waals surface area contributed by atoms with E-state index in [0.29, 0.717) is 55.6 Å². The number of imidazole rings is 1. The van der Waals surface area contributed by atoms with Gasteiger partial charge in [-0.1, -0.05) is 76.7 Å². The molecule has 0 unspecified atom stereocenters. The van der Waals surface area contributed by atoms with Crippen molar-refractivity contribution in [2.75, 3.05) is 0 Å². The van der Waals surface area contributed by atoms with Crippen molar-refractivity contribution in [2.24, 2.45) is 0 Å². The number of rotatable bonds is 11. The monoisotopic (exact) mass is 1110 g/mol. The van der Waals surface area contributed by atoms with Gasteiger partial charge in [0.05, 0.1) is 39.2 Å². The number of aromatic nitrogens is 8. The molecule has 0 atom stereocenters. The van der Waals surface area contributed by atoms with E-state index in [1.807, 2.05) is 131 Å². The lowest BCUT2D eigenvalue weighted by molar-refractivity contribution is 0.0945. The molecular formula is C56H39Cl4N9O4S2. The normalized spacial score (nSPS) is 11.1. The van der Waals surface area contributed by atoms with Crippen molar-refractivity contribution in [3.8, 4) is 40.2 Å². The molecule has 75 heavy (non-hydrogen) atoms. The average molecular weight is 1110 g/mol. The molecule has 0 radical (unpaired) electrons. The predicted molar refractivity (Wildman–Crippen MR) is 296 cm³/mol. The summed E-state index contributed by atoms with van der Waals surface area (Å²) in [4.78, 5) is 18.3. The molecule has 0 amide bonds. The van der Waals surface area contributed by atoms with Gasteiger partial charge in [-0.3, -0.25) is 13.9 Å². The number of nitrogens with zero attached hydrogens (tertiary/aromatic N) is 9. The number of hydrogen-bond donors (Lipinski definition) is 0. The second-order valence-electron chi connectivity index (χ2n) is 16.2. The molecule has 6 aromatic heterocycles. The van der Waals surface area contributed by atoms with E-state index < -0.39 is 10.0 Å². The molecule has 0 fully saturated rings. The van der Waals surface area contributed by atoms with Crippen molar-refractivity contribution in [1.82, 2.24) is 38.1 Å². The van der Waals surface area contributed by atoms with E-state index >= 15 is 0 Å². The lowest BCUT2D eigenvalue weighted by Crippen LogP contribution is -2.13. The van der Waals surface area contributed by atoms with E-state index in [2.05, 4.69) is 26.3 Å². The summed E-state index contributed by atoms with van der Waals surface area (Å²) < 4.78 is 36.8. The summed E-state index contributed by atoms with van der Waals surface area (Å²) in [6, 6.07) is 50.4.